The zero-order valence-electron chi connectivity index (χ0n) is 11.7. The van der Waals surface area contributed by atoms with E-state index in [-0.39, 0.29) is 25.0 Å². The average molecular weight is 270 g/mol. The summed E-state index contributed by atoms with van der Waals surface area (Å²) in [5, 5.41) is 19.3. The molecule has 0 saturated heterocycles. The molecule has 0 aliphatic rings. The van der Waals surface area contributed by atoms with Crippen molar-refractivity contribution in [2.45, 2.75) is 12.8 Å². The van der Waals surface area contributed by atoms with Gasteiger partial charge in [0.15, 0.2) is 0 Å². The number of rotatable bonds is 7. The number of aliphatic hydroxyl groups excluding tert-OH is 2. The third-order valence-electron chi connectivity index (χ3n) is 3.82. The fourth-order valence-electron chi connectivity index (χ4n) is 2.59. The topological polar surface area (TPSA) is 40.5 Å². The summed E-state index contributed by atoms with van der Waals surface area (Å²) in [6.45, 7) is 0.208. The summed E-state index contributed by atoms with van der Waals surface area (Å²) in [7, 11) is 0. The highest BCUT2D eigenvalue weighted by Gasteiger charge is 2.21. The lowest BCUT2D eigenvalue weighted by molar-refractivity contribution is 0.119. The molecule has 0 heterocycles. The van der Waals surface area contributed by atoms with Crippen molar-refractivity contribution in [3.05, 3.63) is 71.8 Å². The third-order valence-corrected chi connectivity index (χ3v) is 3.82. The first-order valence-electron chi connectivity index (χ1n) is 7.13. The summed E-state index contributed by atoms with van der Waals surface area (Å²) >= 11 is 0. The molecule has 2 nitrogen and oxygen atoms in total. The van der Waals surface area contributed by atoms with Crippen LogP contribution in [0.3, 0.4) is 0 Å². The van der Waals surface area contributed by atoms with E-state index in [1.165, 1.54) is 11.1 Å². The van der Waals surface area contributed by atoms with Crippen LogP contribution in [0.25, 0.3) is 0 Å². The normalized spacial score (nSPS) is 13.9. The number of aliphatic hydroxyl groups is 2. The van der Waals surface area contributed by atoms with Crippen molar-refractivity contribution in [1.29, 1.82) is 0 Å². The van der Waals surface area contributed by atoms with Crippen LogP contribution in [0, 0.1) is 11.8 Å². The molecule has 0 amide bonds. The molecule has 0 aromatic heterocycles. The lowest BCUT2D eigenvalue weighted by Gasteiger charge is -2.24. The summed E-state index contributed by atoms with van der Waals surface area (Å²) in [5.41, 5.74) is 2.41. The molecule has 0 bridgehead atoms. The highest BCUT2D eigenvalue weighted by atomic mass is 16.3. The second-order valence-electron chi connectivity index (χ2n) is 5.26. The van der Waals surface area contributed by atoms with Gasteiger partial charge in [-0.25, -0.2) is 0 Å². The minimum absolute atomic E-state index is 0.0857. The van der Waals surface area contributed by atoms with E-state index in [1.54, 1.807) is 0 Å². The Morgan fingerprint density at radius 3 is 1.25 bits per heavy atom. The Balaban J connectivity index is 2.04. The smallest absolute Gasteiger partial charge is 0.0466 e. The van der Waals surface area contributed by atoms with Gasteiger partial charge >= 0.3 is 0 Å². The Hall–Kier alpha value is -1.64. The molecule has 2 aromatic carbocycles. The Kier molecular flexibility index (Phi) is 5.78. The fourth-order valence-corrected chi connectivity index (χ4v) is 2.59. The van der Waals surface area contributed by atoms with Crippen molar-refractivity contribution >= 4 is 0 Å². The van der Waals surface area contributed by atoms with E-state index in [9.17, 15) is 10.2 Å². The highest BCUT2D eigenvalue weighted by molar-refractivity contribution is 5.17. The molecular formula is C18H22O2. The number of hydrogen-bond acceptors (Lipinski definition) is 2. The van der Waals surface area contributed by atoms with Gasteiger partial charge in [-0.1, -0.05) is 60.7 Å². The maximum Gasteiger partial charge on any atom is 0.0466 e. The van der Waals surface area contributed by atoms with Gasteiger partial charge in [0, 0.05) is 13.2 Å². The van der Waals surface area contributed by atoms with Crippen molar-refractivity contribution in [2.75, 3.05) is 13.2 Å². The molecule has 2 aromatic rings. The van der Waals surface area contributed by atoms with Gasteiger partial charge in [-0.2, -0.15) is 0 Å². The standard InChI is InChI=1S/C18H22O2/c19-13-17(11-15-7-3-1-4-8-15)18(14-20)12-16-9-5-2-6-10-16/h1-10,17-20H,11-14H2/t17-,18-/m0/s1. The van der Waals surface area contributed by atoms with Crippen molar-refractivity contribution in [3.63, 3.8) is 0 Å². The Morgan fingerprint density at radius 1 is 0.600 bits per heavy atom. The van der Waals surface area contributed by atoms with Crippen LogP contribution in [0.5, 0.6) is 0 Å². The van der Waals surface area contributed by atoms with Crippen LogP contribution >= 0.6 is 0 Å². The lowest BCUT2D eigenvalue weighted by atomic mass is 9.84. The third kappa shape index (κ3) is 4.19. The molecule has 0 aliphatic heterocycles. The van der Waals surface area contributed by atoms with Crippen molar-refractivity contribution in [1.82, 2.24) is 0 Å². The zero-order valence-corrected chi connectivity index (χ0v) is 11.7. The predicted molar refractivity (Wildman–Crippen MR) is 81.4 cm³/mol. The molecule has 20 heavy (non-hydrogen) atoms. The zero-order chi connectivity index (χ0) is 14.2. The number of benzene rings is 2. The molecule has 0 radical (unpaired) electrons. The monoisotopic (exact) mass is 270 g/mol. The molecule has 106 valence electrons. The van der Waals surface area contributed by atoms with E-state index in [4.69, 9.17) is 0 Å². The van der Waals surface area contributed by atoms with E-state index in [0.29, 0.717) is 0 Å². The van der Waals surface area contributed by atoms with Gasteiger partial charge in [-0.15, -0.1) is 0 Å². The first kappa shape index (κ1) is 14.8. The molecular weight excluding hydrogens is 248 g/mol. The minimum Gasteiger partial charge on any atom is -0.396 e. The van der Waals surface area contributed by atoms with Crippen molar-refractivity contribution < 1.29 is 10.2 Å². The van der Waals surface area contributed by atoms with Gasteiger partial charge in [0.1, 0.15) is 0 Å². The van der Waals surface area contributed by atoms with Gasteiger partial charge < -0.3 is 10.2 Å². The van der Waals surface area contributed by atoms with Crippen LogP contribution in [0.1, 0.15) is 11.1 Å². The SMILES string of the molecule is OC[C@H](Cc1ccccc1)[C@H](CO)Cc1ccccc1. The molecule has 0 spiro atoms. The van der Waals surface area contributed by atoms with Crippen LogP contribution in [-0.2, 0) is 12.8 Å². The summed E-state index contributed by atoms with van der Waals surface area (Å²) in [6.07, 6.45) is 1.60. The first-order valence-corrected chi connectivity index (χ1v) is 7.13. The Morgan fingerprint density at radius 2 is 0.950 bits per heavy atom. The molecule has 2 N–H and O–H groups in total. The van der Waals surface area contributed by atoms with Gasteiger partial charge in [0.2, 0.25) is 0 Å². The molecule has 0 fully saturated rings. The van der Waals surface area contributed by atoms with Crippen LogP contribution in [0.15, 0.2) is 60.7 Å². The largest absolute Gasteiger partial charge is 0.396 e. The van der Waals surface area contributed by atoms with E-state index < -0.39 is 0 Å². The van der Waals surface area contributed by atoms with Gasteiger partial charge in [0.25, 0.3) is 0 Å². The average Bonchev–Trinajstić information content (AvgIpc) is 2.52. The predicted octanol–water partition coefficient (Wildman–Crippen LogP) is 2.69. The molecule has 0 saturated carbocycles. The highest BCUT2D eigenvalue weighted by Crippen LogP contribution is 2.21. The molecule has 2 rings (SSSR count). The van der Waals surface area contributed by atoms with Crippen molar-refractivity contribution in [2.24, 2.45) is 11.8 Å². The van der Waals surface area contributed by atoms with Crippen LogP contribution in [0.4, 0.5) is 0 Å². The first-order chi connectivity index (χ1) is 9.83. The van der Waals surface area contributed by atoms with Gasteiger partial charge in [0.05, 0.1) is 0 Å². The molecule has 0 unspecified atom stereocenters. The number of hydrogen-bond donors (Lipinski definition) is 2. The molecule has 2 heteroatoms. The summed E-state index contributed by atoms with van der Waals surface area (Å²) in [5.74, 6) is 0.171. The van der Waals surface area contributed by atoms with E-state index >= 15 is 0 Å². The van der Waals surface area contributed by atoms with Crippen LogP contribution in [0.2, 0.25) is 0 Å². The van der Waals surface area contributed by atoms with Gasteiger partial charge in [-0.3, -0.25) is 0 Å². The maximum atomic E-state index is 9.66. The van der Waals surface area contributed by atoms with Crippen LogP contribution in [-0.4, -0.2) is 23.4 Å². The minimum atomic E-state index is 0.0857. The fraction of sp³-hybridized carbons (Fsp3) is 0.333. The Labute approximate surface area is 120 Å². The summed E-state index contributed by atoms with van der Waals surface area (Å²) < 4.78 is 0. The molecule has 2 atom stereocenters. The van der Waals surface area contributed by atoms with Crippen LogP contribution < -0.4 is 0 Å². The summed E-state index contributed by atoms with van der Waals surface area (Å²) in [6, 6.07) is 20.3. The summed E-state index contributed by atoms with van der Waals surface area (Å²) in [4.78, 5) is 0. The quantitative estimate of drug-likeness (QED) is 0.812. The second kappa shape index (κ2) is 7.83. The Bertz CT molecular complexity index is 434. The van der Waals surface area contributed by atoms with E-state index in [1.807, 2.05) is 36.4 Å². The molecule has 0 aliphatic carbocycles. The van der Waals surface area contributed by atoms with E-state index in [2.05, 4.69) is 24.3 Å². The second-order valence-corrected chi connectivity index (χ2v) is 5.26. The van der Waals surface area contributed by atoms with E-state index in [0.717, 1.165) is 12.8 Å². The van der Waals surface area contributed by atoms with Gasteiger partial charge in [-0.05, 0) is 35.8 Å². The van der Waals surface area contributed by atoms with Crippen molar-refractivity contribution in [3.8, 4) is 0 Å². The lowest BCUT2D eigenvalue weighted by Crippen LogP contribution is -2.26. The maximum absolute atomic E-state index is 9.66.